The number of rotatable bonds is 2. The van der Waals surface area contributed by atoms with Gasteiger partial charge in [0, 0.05) is 28.8 Å². The van der Waals surface area contributed by atoms with Gasteiger partial charge >= 0.3 is 0 Å². The van der Waals surface area contributed by atoms with Gasteiger partial charge in [0.05, 0.1) is 0 Å². The lowest BCUT2D eigenvalue weighted by molar-refractivity contribution is 0.190. The second-order valence-electron chi connectivity index (χ2n) is 5.16. The maximum atomic E-state index is 3.64. The Morgan fingerprint density at radius 1 is 1.41 bits per heavy atom. The standard InChI is InChI=1S/C14H21BrN2/c1-10-4-5-12(9-14(10)15)16-13-6-7-17(3)11(2)8-13/h4-5,9,11,13,16H,6-8H2,1-3H3. The molecule has 2 rings (SSSR count). The average Bonchev–Trinajstić information content (AvgIpc) is 2.29. The largest absolute Gasteiger partial charge is 0.382 e. The summed E-state index contributed by atoms with van der Waals surface area (Å²) in [4.78, 5) is 2.43. The van der Waals surface area contributed by atoms with Gasteiger partial charge in [-0.3, -0.25) is 0 Å². The summed E-state index contributed by atoms with van der Waals surface area (Å²) >= 11 is 3.58. The fourth-order valence-corrected chi connectivity index (χ4v) is 2.72. The lowest BCUT2D eigenvalue weighted by Gasteiger charge is -2.35. The molecule has 1 fully saturated rings. The lowest BCUT2D eigenvalue weighted by atomic mass is 9.98. The summed E-state index contributed by atoms with van der Waals surface area (Å²) < 4.78 is 1.18. The van der Waals surface area contributed by atoms with E-state index in [4.69, 9.17) is 0 Å². The van der Waals surface area contributed by atoms with Crippen LogP contribution >= 0.6 is 15.9 Å². The highest BCUT2D eigenvalue weighted by Crippen LogP contribution is 2.24. The SMILES string of the molecule is Cc1ccc(NC2CCN(C)C(C)C2)cc1Br. The maximum Gasteiger partial charge on any atom is 0.0353 e. The Labute approximate surface area is 113 Å². The third kappa shape index (κ3) is 3.23. The van der Waals surface area contributed by atoms with Crippen LogP contribution in [0.25, 0.3) is 0 Å². The van der Waals surface area contributed by atoms with Gasteiger partial charge < -0.3 is 10.2 Å². The molecule has 1 saturated heterocycles. The highest BCUT2D eigenvalue weighted by molar-refractivity contribution is 9.10. The first-order chi connectivity index (χ1) is 8.06. The van der Waals surface area contributed by atoms with Crippen molar-refractivity contribution in [3.05, 3.63) is 28.2 Å². The Balaban J connectivity index is 1.99. The molecule has 1 aliphatic rings. The molecule has 0 aliphatic carbocycles. The van der Waals surface area contributed by atoms with Gasteiger partial charge in [0.15, 0.2) is 0 Å². The summed E-state index contributed by atoms with van der Waals surface area (Å²) in [5, 5.41) is 3.64. The van der Waals surface area contributed by atoms with Crippen molar-refractivity contribution in [2.45, 2.75) is 38.8 Å². The molecule has 0 amide bonds. The first kappa shape index (κ1) is 12.9. The van der Waals surface area contributed by atoms with E-state index >= 15 is 0 Å². The summed E-state index contributed by atoms with van der Waals surface area (Å²) in [6, 6.07) is 7.79. The van der Waals surface area contributed by atoms with Gasteiger partial charge in [0.2, 0.25) is 0 Å². The van der Waals surface area contributed by atoms with Crippen molar-refractivity contribution in [3.63, 3.8) is 0 Å². The molecule has 17 heavy (non-hydrogen) atoms. The Hall–Kier alpha value is -0.540. The molecule has 0 aromatic heterocycles. The smallest absolute Gasteiger partial charge is 0.0353 e. The maximum absolute atomic E-state index is 3.64. The average molecular weight is 297 g/mol. The topological polar surface area (TPSA) is 15.3 Å². The van der Waals surface area contributed by atoms with Crippen LogP contribution in [-0.2, 0) is 0 Å². The Morgan fingerprint density at radius 2 is 2.18 bits per heavy atom. The van der Waals surface area contributed by atoms with Gasteiger partial charge in [-0.25, -0.2) is 0 Å². The van der Waals surface area contributed by atoms with Crippen LogP contribution in [-0.4, -0.2) is 30.6 Å². The van der Waals surface area contributed by atoms with Crippen molar-refractivity contribution in [1.82, 2.24) is 4.90 Å². The number of nitrogens with one attached hydrogen (secondary N) is 1. The number of halogens is 1. The van der Waals surface area contributed by atoms with Crippen LogP contribution in [0.4, 0.5) is 5.69 Å². The van der Waals surface area contributed by atoms with Crippen LogP contribution in [0.5, 0.6) is 0 Å². The number of hydrogen-bond donors (Lipinski definition) is 1. The van der Waals surface area contributed by atoms with Crippen molar-refractivity contribution in [3.8, 4) is 0 Å². The molecule has 3 heteroatoms. The van der Waals surface area contributed by atoms with E-state index in [0.717, 1.165) is 0 Å². The zero-order chi connectivity index (χ0) is 12.4. The molecule has 1 aromatic carbocycles. The molecule has 1 heterocycles. The fraction of sp³-hybridized carbons (Fsp3) is 0.571. The van der Waals surface area contributed by atoms with E-state index < -0.39 is 0 Å². The van der Waals surface area contributed by atoms with Gasteiger partial charge in [0.1, 0.15) is 0 Å². The zero-order valence-electron chi connectivity index (χ0n) is 10.8. The van der Waals surface area contributed by atoms with E-state index in [-0.39, 0.29) is 0 Å². The molecule has 0 radical (unpaired) electrons. The minimum Gasteiger partial charge on any atom is -0.382 e. The second-order valence-corrected chi connectivity index (χ2v) is 6.01. The number of anilines is 1. The second kappa shape index (κ2) is 5.40. The highest BCUT2D eigenvalue weighted by atomic mass is 79.9. The monoisotopic (exact) mass is 296 g/mol. The summed E-state index contributed by atoms with van der Waals surface area (Å²) in [6.07, 6.45) is 2.45. The van der Waals surface area contributed by atoms with Gasteiger partial charge in [0.25, 0.3) is 0 Å². The quantitative estimate of drug-likeness (QED) is 0.896. The van der Waals surface area contributed by atoms with Crippen LogP contribution in [0.15, 0.2) is 22.7 Å². The summed E-state index contributed by atoms with van der Waals surface area (Å²) in [6.45, 7) is 5.61. The first-order valence-electron chi connectivity index (χ1n) is 6.29. The van der Waals surface area contributed by atoms with E-state index in [1.165, 1.54) is 35.1 Å². The third-order valence-corrected chi connectivity index (χ3v) is 4.61. The number of nitrogens with zero attached hydrogens (tertiary/aromatic N) is 1. The lowest BCUT2D eigenvalue weighted by Crippen LogP contribution is -2.42. The third-order valence-electron chi connectivity index (χ3n) is 3.75. The molecule has 94 valence electrons. The fourth-order valence-electron chi connectivity index (χ4n) is 2.34. The van der Waals surface area contributed by atoms with Gasteiger partial charge in [-0.1, -0.05) is 22.0 Å². The number of hydrogen-bond acceptors (Lipinski definition) is 2. The highest BCUT2D eigenvalue weighted by Gasteiger charge is 2.22. The Morgan fingerprint density at radius 3 is 2.82 bits per heavy atom. The predicted octanol–water partition coefficient (Wildman–Crippen LogP) is 3.65. The van der Waals surface area contributed by atoms with Crippen LogP contribution in [0.3, 0.4) is 0 Å². The van der Waals surface area contributed by atoms with Gasteiger partial charge in [-0.05, 0) is 51.4 Å². The molecular formula is C14H21BrN2. The first-order valence-corrected chi connectivity index (χ1v) is 7.08. The van der Waals surface area contributed by atoms with Crippen molar-refractivity contribution >= 4 is 21.6 Å². The molecule has 0 bridgehead atoms. The van der Waals surface area contributed by atoms with Gasteiger partial charge in [-0.2, -0.15) is 0 Å². The Bertz CT molecular complexity index is 392. The number of piperidine rings is 1. The number of benzene rings is 1. The number of aryl methyl sites for hydroxylation is 1. The Kier molecular flexibility index (Phi) is 4.10. The molecule has 1 N–H and O–H groups in total. The summed E-state index contributed by atoms with van der Waals surface area (Å²) in [5.41, 5.74) is 2.51. The van der Waals surface area contributed by atoms with Crippen LogP contribution in [0, 0.1) is 6.92 Å². The molecule has 1 aliphatic heterocycles. The van der Waals surface area contributed by atoms with Crippen LogP contribution < -0.4 is 5.32 Å². The summed E-state index contributed by atoms with van der Waals surface area (Å²) in [5.74, 6) is 0. The molecule has 2 atom stereocenters. The van der Waals surface area contributed by atoms with Crippen LogP contribution in [0.1, 0.15) is 25.3 Å². The molecule has 2 nitrogen and oxygen atoms in total. The summed E-state index contributed by atoms with van der Waals surface area (Å²) in [7, 11) is 2.21. The van der Waals surface area contributed by atoms with E-state index in [1.807, 2.05) is 0 Å². The molecule has 0 saturated carbocycles. The molecule has 1 aromatic rings. The predicted molar refractivity (Wildman–Crippen MR) is 77.6 cm³/mol. The minimum atomic E-state index is 0.607. The van der Waals surface area contributed by atoms with Crippen molar-refractivity contribution in [2.24, 2.45) is 0 Å². The van der Waals surface area contributed by atoms with E-state index in [2.05, 4.69) is 65.2 Å². The van der Waals surface area contributed by atoms with Crippen LogP contribution in [0.2, 0.25) is 0 Å². The van der Waals surface area contributed by atoms with E-state index in [0.29, 0.717) is 12.1 Å². The van der Waals surface area contributed by atoms with Crippen molar-refractivity contribution in [2.75, 3.05) is 18.9 Å². The van der Waals surface area contributed by atoms with Crippen molar-refractivity contribution < 1.29 is 0 Å². The normalized spacial score (nSPS) is 25.9. The van der Waals surface area contributed by atoms with E-state index in [9.17, 15) is 0 Å². The molecule has 0 spiro atoms. The van der Waals surface area contributed by atoms with Crippen molar-refractivity contribution in [1.29, 1.82) is 0 Å². The van der Waals surface area contributed by atoms with E-state index in [1.54, 1.807) is 0 Å². The van der Waals surface area contributed by atoms with Gasteiger partial charge in [-0.15, -0.1) is 0 Å². The zero-order valence-corrected chi connectivity index (χ0v) is 12.4. The molecular weight excluding hydrogens is 276 g/mol. The molecule has 2 unspecified atom stereocenters. The minimum absolute atomic E-state index is 0.607. The number of likely N-dealkylation sites (tertiary alicyclic amines) is 1.